The van der Waals surface area contributed by atoms with E-state index >= 15 is 0 Å². The molecule has 0 aliphatic carbocycles. The van der Waals surface area contributed by atoms with Crippen molar-refractivity contribution in [1.82, 2.24) is 4.72 Å². The van der Waals surface area contributed by atoms with E-state index in [2.05, 4.69) is 10.0 Å². The molecule has 1 atom stereocenters. The van der Waals surface area contributed by atoms with Crippen LogP contribution in [0, 0.1) is 0 Å². The molecular weight excluding hydrogens is 296 g/mol. The van der Waals surface area contributed by atoms with Crippen molar-refractivity contribution < 1.29 is 22.7 Å². The third kappa shape index (κ3) is 5.70. The van der Waals surface area contributed by atoms with E-state index < -0.39 is 16.1 Å². The fraction of sp³-hybridized carbons (Fsp3) is 0.462. The van der Waals surface area contributed by atoms with Gasteiger partial charge >= 0.3 is 6.09 Å². The van der Waals surface area contributed by atoms with E-state index in [1.807, 2.05) is 0 Å². The Morgan fingerprint density at radius 3 is 2.43 bits per heavy atom. The van der Waals surface area contributed by atoms with Gasteiger partial charge in [0.15, 0.2) is 0 Å². The number of nitrogens with one attached hydrogen (secondary N) is 2. The molecule has 0 aliphatic rings. The maximum Gasteiger partial charge on any atom is 0.411 e. The van der Waals surface area contributed by atoms with Crippen LogP contribution in [0.2, 0.25) is 0 Å². The number of sulfonamides is 1. The van der Waals surface area contributed by atoms with Crippen LogP contribution < -0.4 is 10.0 Å². The number of hydrogen-bond acceptors (Lipinski definition) is 5. The van der Waals surface area contributed by atoms with Gasteiger partial charge in [-0.25, -0.2) is 17.9 Å². The maximum absolute atomic E-state index is 12.1. The lowest BCUT2D eigenvalue weighted by molar-refractivity contribution is 0.168. The standard InChI is InChI=1S/C13H20N2O5S/c1-4-20-13(16)14-11-5-7-12(8-6-11)21(17,18)15-10(2)9-19-3/h5-8,10,15H,4,9H2,1-3H3,(H,14,16)/t10-/m0/s1. The number of rotatable bonds is 7. The highest BCUT2D eigenvalue weighted by Crippen LogP contribution is 2.14. The molecule has 0 aromatic heterocycles. The van der Waals surface area contributed by atoms with E-state index in [0.717, 1.165) is 0 Å². The van der Waals surface area contributed by atoms with Crippen LogP contribution in [0.1, 0.15) is 13.8 Å². The molecule has 0 heterocycles. The molecule has 1 aromatic rings. The van der Waals surface area contributed by atoms with Gasteiger partial charge in [-0.1, -0.05) is 0 Å². The second-order valence-electron chi connectivity index (χ2n) is 4.35. The average molecular weight is 316 g/mol. The minimum Gasteiger partial charge on any atom is -0.450 e. The predicted molar refractivity (Wildman–Crippen MR) is 78.7 cm³/mol. The normalized spacial score (nSPS) is 12.7. The first-order valence-electron chi connectivity index (χ1n) is 6.44. The number of ether oxygens (including phenoxy) is 2. The molecule has 1 rings (SSSR count). The Hall–Kier alpha value is -1.64. The number of amides is 1. The number of hydrogen-bond donors (Lipinski definition) is 2. The molecule has 0 aliphatic heterocycles. The highest BCUT2D eigenvalue weighted by atomic mass is 32.2. The zero-order chi connectivity index (χ0) is 15.9. The highest BCUT2D eigenvalue weighted by Gasteiger charge is 2.17. The monoisotopic (exact) mass is 316 g/mol. The molecule has 0 unspecified atom stereocenters. The molecule has 21 heavy (non-hydrogen) atoms. The Balaban J connectivity index is 2.74. The molecule has 0 saturated carbocycles. The van der Waals surface area contributed by atoms with Gasteiger partial charge < -0.3 is 9.47 Å². The third-order valence-electron chi connectivity index (χ3n) is 2.46. The Kier molecular flexibility index (Phi) is 6.60. The molecule has 1 amide bonds. The first-order valence-corrected chi connectivity index (χ1v) is 7.92. The fourth-order valence-electron chi connectivity index (χ4n) is 1.62. The lowest BCUT2D eigenvalue weighted by Crippen LogP contribution is -2.35. The summed E-state index contributed by atoms with van der Waals surface area (Å²) in [5, 5.41) is 2.49. The molecule has 7 nitrogen and oxygen atoms in total. The summed E-state index contributed by atoms with van der Waals surface area (Å²) in [4.78, 5) is 11.3. The van der Waals surface area contributed by atoms with Crippen molar-refractivity contribution in [3.8, 4) is 0 Å². The van der Waals surface area contributed by atoms with E-state index in [-0.39, 0.29) is 24.2 Å². The van der Waals surface area contributed by atoms with Crippen molar-refractivity contribution in [3.05, 3.63) is 24.3 Å². The van der Waals surface area contributed by atoms with Crippen LogP contribution in [-0.4, -0.2) is 40.9 Å². The lowest BCUT2D eigenvalue weighted by Gasteiger charge is -2.13. The molecule has 0 spiro atoms. The highest BCUT2D eigenvalue weighted by molar-refractivity contribution is 7.89. The summed E-state index contributed by atoms with van der Waals surface area (Å²) < 4.78 is 36.2. The van der Waals surface area contributed by atoms with E-state index in [4.69, 9.17) is 9.47 Å². The van der Waals surface area contributed by atoms with Crippen molar-refractivity contribution in [2.45, 2.75) is 24.8 Å². The molecule has 0 radical (unpaired) electrons. The van der Waals surface area contributed by atoms with Crippen LogP contribution in [0.25, 0.3) is 0 Å². The van der Waals surface area contributed by atoms with Gasteiger partial charge in [-0.05, 0) is 38.1 Å². The minimum absolute atomic E-state index is 0.111. The van der Waals surface area contributed by atoms with E-state index in [1.165, 1.54) is 31.4 Å². The Labute approximate surface area is 124 Å². The summed E-state index contributed by atoms with van der Waals surface area (Å²) in [5.74, 6) is 0. The Morgan fingerprint density at radius 2 is 1.90 bits per heavy atom. The molecule has 1 aromatic carbocycles. The second kappa shape index (κ2) is 7.96. The van der Waals surface area contributed by atoms with Crippen LogP contribution in [0.3, 0.4) is 0 Å². The third-order valence-corrected chi connectivity index (χ3v) is 4.06. The van der Waals surface area contributed by atoms with Gasteiger partial charge in [-0.2, -0.15) is 0 Å². The van der Waals surface area contributed by atoms with Crippen LogP contribution >= 0.6 is 0 Å². The quantitative estimate of drug-likeness (QED) is 0.796. The molecule has 8 heteroatoms. The van der Waals surface area contributed by atoms with Crippen LogP contribution in [0.4, 0.5) is 10.5 Å². The molecule has 118 valence electrons. The van der Waals surface area contributed by atoms with Crippen molar-refractivity contribution >= 4 is 21.8 Å². The molecular formula is C13H20N2O5S. The molecule has 2 N–H and O–H groups in total. The Bertz CT molecular complexity index is 556. The molecule has 0 fully saturated rings. The summed E-state index contributed by atoms with van der Waals surface area (Å²) >= 11 is 0. The molecule has 0 saturated heterocycles. The maximum atomic E-state index is 12.1. The zero-order valence-corrected chi connectivity index (χ0v) is 13.1. The summed E-state index contributed by atoms with van der Waals surface area (Å²) in [6.07, 6.45) is -0.583. The van der Waals surface area contributed by atoms with Gasteiger partial charge in [0.1, 0.15) is 0 Å². The minimum atomic E-state index is -3.61. The smallest absolute Gasteiger partial charge is 0.411 e. The van der Waals surface area contributed by atoms with Crippen molar-refractivity contribution in [2.75, 3.05) is 25.6 Å². The van der Waals surface area contributed by atoms with Gasteiger partial charge in [-0.3, -0.25) is 5.32 Å². The Morgan fingerprint density at radius 1 is 1.29 bits per heavy atom. The van der Waals surface area contributed by atoms with Gasteiger partial charge in [0.05, 0.1) is 18.1 Å². The van der Waals surface area contributed by atoms with E-state index in [9.17, 15) is 13.2 Å². The second-order valence-corrected chi connectivity index (χ2v) is 6.06. The number of carbonyl (C=O) groups is 1. The number of benzene rings is 1. The van der Waals surface area contributed by atoms with Crippen molar-refractivity contribution in [2.24, 2.45) is 0 Å². The van der Waals surface area contributed by atoms with Gasteiger partial charge in [0, 0.05) is 18.8 Å². The largest absolute Gasteiger partial charge is 0.450 e. The topological polar surface area (TPSA) is 93.7 Å². The first kappa shape index (κ1) is 17.4. The zero-order valence-electron chi connectivity index (χ0n) is 12.3. The summed E-state index contributed by atoms with van der Waals surface area (Å²) in [6.45, 7) is 3.95. The van der Waals surface area contributed by atoms with Crippen LogP contribution in [0.5, 0.6) is 0 Å². The number of carbonyl (C=O) groups excluding carboxylic acids is 1. The van der Waals surface area contributed by atoms with Gasteiger partial charge in [0.25, 0.3) is 0 Å². The van der Waals surface area contributed by atoms with E-state index in [0.29, 0.717) is 5.69 Å². The number of methoxy groups -OCH3 is 1. The fourth-order valence-corrected chi connectivity index (χ4v) is 2.85. The SMILES string of the molecule is CCOC(=O)Nc1ccc(S(=O)(=O)N[C@@H](C)COC)cc1. The number of anilines is 1. The summed E-state index contributed by atoms with van der Waals surface area (Å²) in [5.41, 5.74) is 0.456. The lowest BCUT2D eigenvalue weighted by atomic mass is 10.3. The average Bonchev–Trinajstić information content (AvgIpc) is 2.39. The summed E-state index contributed by atoms with van der Waals surface area (Å²) in [6, 6.07) is 5.46. The van der Waals surface area contributed by atoms with E-state index in [1.54, 1.807) is 13.8 Å². The van der Waals surface area contributed by atoms with Crippen molar-refractivity contribution in [1.29, 1.82) is 0 Å². The van der Waals surface area contributed by atoms with Gasteiger partial charge in [0.2, 0.25) is 10.0 Å². The summed E-state index contributed by atoms with van der Waals surface area (Å²) in [7, 11) is -2.11. The predicted octanol–water partition coefficient (Wildman–Crippen LogP) is 1.57. The molecule has 0 bridgehead atoms. The van der Waals surface area contributed by atoms with Crippen LogP contribution in [0.15, 0.2) is 29.2 Å². The first-order chi connectivity index (χ1) is 9.89. The van der Waals surface area contributed by atoms with Crippen molar-refractivity contribution in [3.63, 3.8) is 0 Å². The van der Waals surface area contributed by atoms with Gasteiger partial charge in [-0.15, -0.1) is 0 Å². The van der Waals surface area contributed by atoms with Crippen LogP contribution in [-0.2, 0) is 19.5 Å².